The van der Waals surface area contributed by atoms with Crippen LogP contribution in [0, 0.1) is 11.3 Å². The van der Waals surface area contributed by atoms with Gasteiger partial charge in [0.25, 0.3) is 0 Å². The fourth-order valence-electron chi connectivity index (χ4n) is 4.43. The minimum absolute atomic E-state index is 0.115. The molecule has 130 valence electrons. The van der Waals surface area contributed by atoms with E-state index in [4.69, 9.17) is 4.74 Å². The maximum absolute atomic E-state index is 12.6. The molecular formula is C19H27N3O2. The average molecular weight is 329 g/mol. The summed E-state index contributed by atoms with van der Waals surface area (Å²) in [6.07, 6.45) is 6.34. The van der Waals surface area contributed by atoms with Gasteiger partial charge in [0.05, 0.1) is 18.2 Å². The third-order valence-electron chi connectivity index (χ3n) is 6.06. The van der Waals surface area contributed by atoms with Gasteiger partial charge in [-0.05, 0) is 56.3 Å². The Labute approximate surface area is 144 Å². The molecule has 0 aromatic carbocycles. The zero-order valence-corrected chi connectivity index (χ0v) is 14.3. The van der Waals surface area contributed by atoms with Crippen LogP contribution in [0.15, 0.2) is 24.4 Å². The van der Waals surface area contributed by atoms with E-state index in [0.717, 1.165) is 51.4 Å². The molecule has 0 bridgehead atoms. The highest BCUT2D eigenvalue weighted by atomic mass is 16.5. The lowest BCUT2D eigenvalue weighted by Crippen LogP contribution is -2.42. The molecule has 1 atom stereocenters. The molecule has 0 N–H and O–H groups in total. The first-order valence-corrected chi connectivity index (χ1v) is 9.23. The van der Waals surface area contributed by atoms with Crippen LogP contribution in [0.25, 0.3) is 0 Å². The SMILES string of the molecule is O=C(C1CCOC1)N1CCC2(CCN(Cc3ccccn3)CC2)C1. The van der Waals surface area contributed by atoms with Crippen molar-refractivity contribution in [3.8, 4) is 0 Å². The van der Waals surface area contributed by atoms with Crippen LogP contribution >= 0.6 is 0 Å². The number of hydrogen-bond donors (Lipinski definition) is 0. The Balaban J connectivity index is 1.30. The van der Waals surface area contributed by atoms with Gasteiger partial charge in [0.15, 0.2) is 0 Å². The Kier molecular flexibility index (Phi) is 4.55. The van der Waals surface area contributed by atoms with Crippen LogP contribution < -0.4 is 0 Å². The van der Waals surface area contributed by atoms with Crippen molar-refractivity contribution in [3.63, 3.8) is 0 Å². The summed E-state index contributed by atoms with van der Waals surface area (Å²) in [5, 5.41) is 0. The average Bonchev–Trinajstić information content (AvgIpc) is 3.28. The second-order valence-corrected chi connectivity index (χ2v) is 7.67. The number of amides is 1. The first-order valence-electron chi connectivity index (χ1n) is 9.23. The summed E-state index contributed by atoms with van der Waals surface area (Å²) >= 11 is 0. The molecule has 3 saturated heterocycles. The second-order valence-electron chi connectivity index (χ2n) is 7.67. The predicted molar refractivity (Wildman–Crippen MR) is 91.3 cm³/mol. The van der Waals surface area contributed by atoms with Crippen LogP contribution in [0.1, 0.15) is 31.4 Å². The molecule has 1 amide bonds. The lowest BCUT2D eigenvalue weighted by Gasteiger charge is -2.39. The molecular weight excluding hydrogens is 302 g/mol. The highest BCUT2D eigenvalue weighted by Crippen LogP contribution is 2.41. The highest BCUT2D eigenvalue weighted by Gasteiger charge is 2.43. The van der Waals surface area contributed by atoms with E-state index in [9.17, 15) is 4.79 Å². The number of carbonyl (C=O) groups excluding carboxylic acids is 1. The van der Waals surface area contributed by atoms with E-state index < -0.39 is 0 Å². The minimum Gasteiger partial charge on any atom is -0.381 e. The third-order valence-corrected chi connectivity index (χ3v) is 6.06. The highest BCUT2D eigenvalue weighted by molar-refractivity contribution is 5.79. The number of pyridine rings is 1. The normalized spacial score (nSPS) is 27.0. The Hall–Kier alpha value is -1.46. The van der Waals surface area contributed by atoms with Crippen LogP contribution in [-0.4, -0.2) is 60.1 Å². The standard InChI is InChI=1S/C19H27N3O2/c23-18(16-4-12-24-14-16)22-11-7-19(15-22)5-9-21(10-6-19)13-17-3-1-2-8-20-17/h1-3,8,16H,4-7,9-15H2. The number of likely N-dealkylation sites (tertiary alicyclic amines) is 2. The number of ether oxygens (including phenoxy) is 1. The fraction of sp³-hybridized carbons (Fsp3) is 0.684. The molecule has 3 aliphatic heterocycles. The summed E-state index contributed by atoms with van der Waals surface area (Å²) in [6, 6.07) is 6.12. The lowest BCUT2D eigenvalue weighted by molar-refractivity contribution is -0.135. The molecule has 24 heavy (non-hydrogen) atoms. The molecule has 1 aromatic heterocycles. The number of aromatic nitrogens is 1. The smallest absolute Gasteiger partial charge is 0.228 e. The van der Waals surface area contributed by atoms with E-state index in [1.807, 2.05) is 12.3 Å². The van der Waals surface area contributed by atoms with Gasteiger partial charge in [0.2, 0.25) is 5.91 Å². The Bertz CT molecular complexity index is 563. The van der Waals surface area contributed by atoms with E-state index in [1.54, 1.807) is 0 Å². The maximum atomic E-state index is 12.6. The van der Waals surface area contributed by atoms with Gasteiger partial charge in [0.1, 0.15) is 0 Å². The molecule has 0 radical (unpaired) electrons. The van der Waals surface area contributed by atoms with Crippen LogP contribution in [0.2, 0.25) is 0 Å². The molecule has 4 rings (SSSR count). The quantitative estimate of drug-likeness (QED) is 0.850. The zero-order valence-electron chi connectivity index (χ0n) is 14.3. The van der Waals surface area contributed by atoms with Crippen molar-refractivity contribution < 1.29 is 9.53 Å². The van der Waals surface area contributed by atoms with Gasteiger partial charge in [0, 0.05) is 32.4 Å². The van der Waals surface area contributed by atoms with Crippen molar-refractivity contribution in [1.82, 2.24) is 14.8 Å². The summed E-state index contributed by atoms with van der Waals surface area (Å²) in [7, 11) is 0. The molecule has 3 aliphatic rings. The van der Waals surface area contributed by atoms with E-state index in [1.165, 1.54) is 19.3 Å². The third kappa shape index (κ3) is 3.33. The molecule has 5 nitrogen and oxygen atoms in total. The van der Waals surface area contributed by atoms with Gasteiger partial charge >= 0.3 is 0 Å². The summed E-state index contributed by atoms with van der Waals surface area (Å²) in [6.45, 7) is 6.45. The Morgan fingerprint density at radius 1 is 1.25 bits per heavy atom. The van der Waals surface area contributed by atoms with Crippen molar-refractivity contribution in [2.75, 3.05) is 39.4 Å². The summed E-state index contributed by atoms with van der Waals surface area (Å²) < 4.78 is 5.39. The van der Waals surface area contributed by atoms with Crippen molar-refractivity contribution >= 4 is 5.91 Å². The summed E-state index contributed by atoms with van der Waals surface area (Å²) in [5.41, 5.74) is 1.51. The van der Waals surface area contributed by atoms with E-state index in [2.05, 4.69) is 26.9 Å². The van der Waals surface area contributed by atoms with Crippen LogP contribution in [0.4, 0.5) is 0 Å². The monoisotopic (exact) mass is 329 g/mol. The second kappa shape index (κ2) is 6.81. The summed E-state index contributed by atoms with van der Waals surface area (Å²) in [4.78, 5) is 21.7. The van der Waals surface area contributed by atoms with Gasteiger partial charge in [-0.3, -0.25) is 14.7 Å². The number of hydrogen-bond acceptors (Lipinski definition) is 4. The van der Waals surface area contributed by atoms with Crippen LogP contribution in [0.5, 0.6) is 0 Å². The molecule has 4 heterocycles. The Morgan fingerprint density at radius 3 is 2.79 bits per heavy atom. The van der Waals surface area contributed by atoms with E-state index in [-0.39, 0.29) is 5.92 Å². The molecule has 1 unspecified atom stereocenters. The molecule has 1 spiro atoms. The van der Waals surface area contributed by atoms with Crippen molar-refractivity contribution in [1.29, 1.82) is 0 Å². The zero-order chi connectivity index (χ0) is 16.4. The van der Waals surface area contributed by atoms with Crippen LogP contribution in [-0.2, 0) is 16.1 Å². The van der Waals surface area contributed by atoms with Crippen molar-refractivity contribution in [2.45, 2.75) is 32.2 Å². The largest absolute Gasteiger partial charge is 0.381 e. The predicted octanol–water partition coefficient (Wildman–Crippen LogP) is 1.93. The van der Waals surface area contributed by atoms with Crippen molar-refractivity contribution in [3.05, 3.63) is 30.1 Å². The molecule has 5 heteroatoms. The van der Waals surface area contributed by atoms with E-state index >= 15 is 0 Å². The van der Waals surface area contributed by atoms with Gasteiger partial charge in [-0.2, -0.15) is 0 Å². The maximum Gasteiger partial charge on any atom is 0.228 e. The number of rotatable bonds is 3. The summed E-state index contributed by atoms with van der Waals surface area (Å²) in [5.74, 6) is 0.449. The lowest BCUT2D eigenvalue weighted by atomic mass is 9.77. The first-order chi connectivity index (χ1) is 11.7. The van der Waals surface area contributed by atoms with Crippen LogP contribution in [0.3, 0.4) is 0 Å². The molecule has 0 saturated carbocycles. The Morgan fingerprint density at radius 2 is 2.08 bits per heavy atom. The van der Waals surface area contributed by atoms with Gasteiger partial charge in [-0.15, -0.1) is 0 Å². The first kappa shape index (κ1) is 16.0. The molecule has 3 fully saturated rings. The van der Waals surface area contributed by atoms with Gasteiger partial charge in [-0.25, -0.2) is 0 Å². The number of nitrogens with zero attached hydrogens (tertiary/aromatic N) is 3. The molecule has 1 aromatic rings. The van der Waals surface area contributed by atoms with Gasteiger partial charge in [-0.1, -0.05) is 6.07 Å². The fourth-order valence-corrected chi connectivity index (χ4v) is 4.43. The van der Waals surface area contributed by atoms with E-state index in [0.29, 0.717) is 17.9 Å². The molecule has 0 aliphatic carbocycles. The van der Waals surface area contributed by atoms with Gasteiger partial charge < -0.3 is 9.64 Å². The number of carbonyl (C=O) groups is 1. The number of piperidine rings is 1. The minimum atomic E-state index is 0.115. The van der Waals surface area contributed by atoms with Crippen molar-refractivity contribution in [2.24, 2.45) is 11.3 Å². The topological polar surface area (TPSA) is 45.7 Å².